The summed E-state index contributed by atoms with van der Waals surface area (Å²) in [5.74, 6) is 0.348. The average Bonchev–Trinajstić information content (AvgIpc) is 2.91. The number of fused-ring (bicyclic) bond motifs is 3. The van der Waals surface area contributed by atoms with Crippen LogP contribution in [0.4, 0.5) is 5.69 Å². The van der Waals surface area contributed by atoms with Crippen molar-refractivity contribution < 1.29 is 9.59 Å². The Bertz CT molecular complexity index is 730. The van der Waals surface area contributed by atoms with E-state index in [1.165, 1.54) is 0 Å². The van der Waals surface area contributed by atoms with Crippen LogP contribution in [0.25, 0.3) is 0 Å². The van der Waals surface area contributed by atoms with E-state index in [2.05, 4.69) is 29.5 Å². The Balaban J connectivity index is 1.63. The molecule has 3 unspecified atom stereocenters. The van der Waals surface area contributed by atoms with Crippen LogP contribution in [0.3, 0.4) is 0 Å². The van der Waals surface area contributed by atoms with Crippen LogP contribution in [0.2, 0.25) is 0 Å². The third kappa shape index (κ3) is 1.89. The number of nitrogens with one attached hydrogen (secondary N) is 2. The van der Waals surface area contributed by atoms with Crippen molar-refractivity contribution in [3.05, 3.63) is 23.5 Å². The third-order valence-electron chi connectivity index (χ3n) is 6.75. The molecule has 128 valence electrons. The van der Waals surface area contributed by atoms with Gasteiger partial charge in [0.05, 0.1) is 28.6 Å². The van der Waals surface area contributed by atoms with Crippen LogP contribution in [0.15, 0.2) is 12.3 Å². The summed E-state index contributed by atoms with van der Waals surface area (Å²) >= 11 is 0. The van der Waals surface area contributed by atoms with Gasteiger partial charge in [0.2, 0.25) is 5.91 Å². The van der Waals surface area contributed by atoms with E-state index in [1.807, 2.05) is 0 Å². The lowest BCUT2D eigenvalue weighted by Gasteiger charge is -2.39. The zero-order valence-corrected chi connectivity index (χ0v) is 14.2. The predicted molar refractivity (Wildman–Crippen MR) is 90.4 cm³/mol. The van der Waals surface area contributed by atoms with Crippen molar-refractivity contribution in [2.24, 2.45) is 22.5 Å². The standard InChI is InChI=1S/C18H24N4O2/c1-17(2)10-3-5-18(17,14(19)7-10)16(24)22-11-8-12-13(21-9-11)4-6-20-15(12)23/h8-10,14H,3-7,19H2,1-2H3,(H,20,23)(H,22,24). The highest BCUT2D eigenvalue weighted by atomic mass is 16.2. The molecule has 1 aromatic rings. The van der Waals surface area contributed by atoms with E-state index in [1.54, 1.807) is 12.3 Å². The zero-order valence-electron chi connectivity index (χ0n) is 14.2. The van der Waals surface area contributed by atoms with E-state index in [4.69, 9.17) is 5.73 Å². The van der Waals surface area contributed by atoms with Crippen LogP contribution in [0.1, 0.15) is 49.2 Å². The number of carbonyl (C=O) groups is 2. The van der Waals surface area contributed by atoms with Crippen molar-refractivity contribution >= 4 is 17.5 Å². The molecule has 0 saturated heterocycles. The summed E-state index contributed by atoms with van der Waals surface area (Å²) in [7, 11) is 0. The second-order valence-corrected chi connectivity index (χ2v) is 7.95. The second-order valence-electron chi connectivity index (χ2n) is 7.95. The van der Waals surface area contributed by atoms with Crippen molar-refractivity contribution in [1.82, 2.24) is 10.3 Å². The van der Waals surface area contributed by atoms with Gasteiger partial charge in [-0.25, -0.2) is 0 Å². The number of anilines is 1. The van der Waals surface area contributed by atoms with Crippen molar-refractivity contribution in [2.45, 2.75) is 45.6 Å². The highest BCUT2D eigenvalue weighted by molar-refractivity contribution is 6.00. The van der Waals surface area contributed by atoms with Crippen LogP contribution >= 0.6 is 0 Å². The minimum atomic E-state index is -0.532. The third-order valence-corrected chi connectivity index (χ3v) is 6.75. The molecule has 0 radical (unpaired) electrons. The van der Waals surface area contributed by atoms with Gasteiger partial charge in [-0.1, -0.05) is 13.8 Å². The molecule has 4 N–H and O–H groups in total. The number of amides is 2. The maximum Gasteiger partial charge on any atom is 0.253 e. The molecular weight excluding hydrogens is 304 g/mol. The fraction of sp³-hybridized carbons (Fsp3) is 0.611. The van der Waals surface area contributed by atoms with E-state index in [0.29, 0.717) is 23.7 Å². The number of nitrogens with zero attached hydrogens (tertiary/aromatic N) is 1. The molecule has 3 atom stereocenters. The van der Waals surface area contributed by atoms with Crippen LogP contribution in [0, 0.1) is 16.7 Å². The van der Waals surface area contributed by atoms with Gasteiger partial charge < -0.3 is 16.4 Å². The summed E-state index contributed by atoms with van der Waals surface area (Å²) in [6.07, 6.45) is 5.16. The number of aromatic nitrogens is 1. The smallest absolute Gasteiger partial charge is 0.253 e. The largest absolute Gasteiger partial charge is 0.352 e. The molecule has 2 fully saturated rings. The minimum absolute atomic E-state index is 0.0297. The SMILES string of the molecule is CC1(C)C2CCC1(C(=O)Nc1cnc3c(c1)C(=O)NCC3)C(N)C2. The molecule has 4 rings (SSSR count). The number of pyridine rings is 1. The Morgan fingerprint density at radius 2 is 2.25 bits per heavy atom. The fourth-order valence-corrected chi connectivity index (χ4v) is 5.20. The summed E-state index contributed by atoms with van der Waals surface area (Å²) in [6, 6.07) is 1.62. The molecule has 2 amide bonds. The Morgan fingerprint density at radius 1 is 1.46 bits per heavy atom. The molecule has 6 nitrogen and oxygen atoms in total. The second kappa shape index (κ2) is 5.02. The van der Waals surface area contributed by atoms with Gasteiger partial charge in [0.25, 0.3) is 5.91 Å². The van der Waals surface area contributed by atoms with Gasteiger partial charge in [0, 0.05) is 19.0 Å². The van der Waals surface area contributed by atoms with Crippen LogP contribution in [0.5, 0.6) is 0 Å². The highest BCUT2D eigenvalue weighted by Gasteiger charge is 2.66. The minimum Gasteiger partial charge on any atom is -0.352 e. The van der Waals surface area contributed by atoms with E-state index in [9.17, 15) is 9.59 Å². The summed E-state index contributed by atoms with van der Waals surface area (Å²) in [5.41, 5.74) is 7.65. The lowest BCUT2D eigenvalue weighted by molar-refractivity contribution is -0.130. The zero-order chi connectivity index (χ0) is 17.1. The normalized spacial score (nSPS) is 33.0. The average molecular weight is 328 g/mol. The van der Waals surface area contributed by atoms with Gasteiger partial charge in [-0.2, -0.15) is 0 Å². The van der Waals surface area contributed by atoms with Gasteiger partial charge in [-0.15, -0.1) is 0 Å². The Hall–Kier alpha value is -1.95. The van der Waals surface area contributed by atoms with Crippen LogP contribution in [-0.4, -0.2) is 29.4 Å². The Morgan fingerprint density at radius 3 is 2.92 bits per heavy atom. The van der Waals surface area contributed by atoms with Crippen molar-refractivity contribution in [3.8, 4) is 0 Å². The maximum absolute atomic E-state index is 13.2. The first kappa shape index (κ1) is 15.6. The molecule has 0 aromatic carbocycles. The van der Waals surface area contributed by atoms with E-state index >= 15 is 0 Å². The lowest BCUT2D eigenvalue weighted by Crippen LogP contribution is -2.52. The maximum atomic E-state index is 13.2. The summed E-state index contributed by atoms with van der Waals surface area (Å²) < 4.78 is 0. The molecule has 2 heterocycles. The van der Waals surface area contributed by atoms with Crippen LogP contribution < -0.4 is 16.4 Å². The highest BCUT2D eigenvalue weighted by Crippen LogP contribution is 2.65. The van der Waals surface area contributed by atoms with E-state index < -0.39 is 5.41 Å². The first-order valence-electron chi connectivity index (χ1n) is 8.70. The molecule has 2 saturated carbocycles. The number of nitrogens with two attached hydrogens (primary N) is 1. The fourth-order valence-electron chi connectivity index (χ4n) is 5.20. The van der Waals surface area contributed by atoms with Gasteiger partial charge >= 0.3 is 0 Å². The van der Waals surface area contributed by atoms with Gasteiger partial charge in [0.15, 0.2) is 0 Å². The quantitative estimate of drug-likeness (QED) is 0.765. The van der Waals surface area contributed by atoms with Gasteiger partial charge in [0.1, 0.15) is 0 Å². The molecule has 0 spiro atoms. The van der Waals surface area contributed by atoms with Crippen molar-refractivity contribution in [3.63, 3.8) is 0 Å². The molecule has 1 aromatic heterocycles. The topological polar surface area (TPSA) is 97.1 Å². The van der Waals surface area contributed by atoms with Gasteiger partial charge in [-0.3, -0.25) is 14.6 Å². The van der Waals surface area contributed by atoms with E-state index in [0.717, 1.165) is 31.4 Å². The van der Waals surface area contributed by atoms with Gasteiger partial charge in [-0.05, 0) is 36.7 Å². The first-order valence-corrected chi connectivity index (χ1v) is 8.70. The monoisotopic (exact) mass is 328 g/mol. The van der Waals surface area contributed by atoms with Crippen molar-refractivity contribution in [1.29, 1.82) is 0 Å². The van der Waals surface area contributed by atoms with Crippen molar-refractivity contribution in [2.75, 3.05) is 11.9 Å². The molecule has 1 aliphatic heterocycles. The molecular formula is C18H24N4O2. The molecule has 6 heteroatoms. The molecule has 24 heavy (non-hydrogen) atoms. The summed E-state index contributed by atoms with van der Waals surface area (Å²) in [6.45, 7) is 4.93. The number of carbonyl (C=O) groups excluding carboxylic acids is 2. The van der Waals surface area contributed by atoms with Crippen LogP contribution in [-0.2, 0) is 11.2 Å². The molecule has 2 bridgehead atoms. The Kier molecular flexibility index (Phi) is 3.26. The number of rotatable bonds is 2. The lowest BCUT2D eigenvalue weighted by atomic mass is 9.67. The number of hydrogen-bond acceptors (Lipinski definition) is 4. The summed E-state index contributed by atoms with van der Waals surface area (Å²) in [4.78, 5) is 29.5. The molecule has 2 aliphatic carbocycles. The molecule has 3 aliphatic rings. The number of hydrogen-bond donors (Lipinski definition) is 3. The van der Waals surface area contributed by atoms with E-state index in [-0.39, 0.29) is 23.3 Å². The first-order chi connectivity index (χ1) is 11.4. The Labute approximate surface area is 141 Å². The summed E-state index contributed by atoms with van der Waals surface area (Å²) in [5, 5.41) is 5.81. The predicted octanol–water partition coefficient (Wildman–Crippen LogP) is 1.46.